The number of fused-ring (bicyclic) bond motifs is 4. The van der Waals surface area contributed by atoms with Crippen molar-refractivity contribution < 1.29 is 10.2 Å². The molecule has 0 radical (unpaired) electrons. The second kappa shape index (κ2) is 4.33. The molecule has 21 heavy (non-hydrogen) atoms. The average molecular weight is 286 g/mol. The lowest BCUT2D eigenvalue weighted by molar-refractivity contribution is 0.0345. The summed E-state index contributed by atoms with van der Waals surface area (Å²) in [4.78, 5) is 0. The van der Waals surface area contributed by atoms with E-state index < -0.39 is 0 Å². The Labute approximate surface area is 127 Å². The summed E-state index contributed by atoms with van der Waals surface area (Å²) in [6.07, 6.45) is 13.4. The Morgan fingerprint density at radius 1 is 1.14 bits per heavy atom. The van der Waals surface area contributed by atoms with Crippen molar-refractivity contribution in [3.05, 3.63) is 35.5 Å². The fourth-order valence-corrected chi connectivity index (χ4v) is 5.55. The molecule has 4 aliphatic carbocycles. The van der Waals surface area contributed by atoms with Crippen LogP contribution in [0.5, 0.6) is 0 Å². The lowest BCUT2D eigenvalue weighted by atomic mass is 9.51. The van der Waals surface area contributed by atoms with Gasteiger partial charge in [0, 0.05) is 5.41 Å². The molecule has 1 saturated carbocycles. The first-order chi connectivity index (χ1) is 9.95. The summed E-state index contributed by atoms with van der Waals surface area (Å²) in [5, 5.41) is 20.3. The molecule has 0 aromatic heterocycles. The Bertz CT molecular complexity index is 558. The Morgan fingerprint density at radius 3 is 2.76 bits per heavy atom. The molecule has 0 heterocycles. The predicted octanol–water partition coefficient (Wildman–Crippen LogP) is 3.37. The highest BCUT2D eigenvalue weighted by molar-refractivity contribution is 5.45. The third-order valence-electron chi connectivity index (χ3n) is 7.03. The van der Waals surface area contributed by atoms with Gasteiger partial charge < -0.3 is 10.2 Å². The molecule has 4 aliphatic rings. The first-order valence-corrected chi connectivity index (χ1v) is 8.42. The van der Waals surface area contributed by atoms with Crippen LogP contribution in [0, 0.1) is 22.7 Å². The molecule has 0 bridgehead atoms. The zero-order valence-electron chi connectivity index (χ0n) is 13.0. The number of rotatable bonds is 0. The molecule has 0 saturated heterocycles. The largest absolute Gasteiger partial charge is 0.389 e. The predicted molar refractivity (Wildman–Crippen MR) is 83.6 cm³/mol. The van der Waals surface area contributed by atoms with E-state index in [9.17, 15) is 10.2 Å². The minimum absolute atomic E-state index is 0.0487. The molecule has 2 nitrogen and oxygen atoms in total. The minimum Gasteiger partial charge on any atom is -0.389 e. The highest BCUT2D eigenvalue weighted by atomic mass is 16.3. The highest BCUT2D eigenvalue weighted by Gasteiger charge is 2.52. The second-order valence-electron chi connectivity index (χ2n) is 8.02. The normalized spacial score (nSPS) is 51.6. The van der Waals surface area contributed by atoms with Crippen LogP contribution in [-0.2, 0) is 0 Å². The summed E-state index contributed by atoms with van der Waals surface area (Å²) in [6.45, 7) is 4.62. The summed E-state index contributed by atoms with van der Waals surface area (Å²) in [6, 6.07) is 0. The van der Waals surface area contributed by atoms with Crippen LogP contribution >= 0.6 is 0 Å². The first kappa shape index (κ1) is 13.8. The zero-order valence-corrected chi connectivity index (χ0v) is 13.0. The van der Waals surface area contributed by atoms with E-state index in [4.69, 9.17) is 0 Å². The molecule has 2 heteroatoms. The maximum Gasteiger partial charge on any atom is 0.0817 e. The van der Waals surface area contributed by atoms with Gasteiger partial charge in [0.2, 0.25) is 0 Å². The summed E-state index contributed by atoms with van der Waals surface area (Å²) >= 11 is 0. The Balaban J connectivity index is 1.79. The molecule has 1 unspecified atom stereocenters. The van der Waals surface area contributed by atoms with Gasteiger partial charge in [-0.25, -0.2) is 0 Å². The average Bonchev–Trinajstić information content (AvgIpc) is 2.76. The van der Waals surface area contributed by atoms with E-state index in [2.05, 4.69) is 26.0 Å². The molecule has 0 amide bonds. The van der Waals surface area contributed by atoms with Gasteiger partial charge in [0.05, 0.1) is 12.2 Å². The van der Waals surface area contributed by atoms with Gasteiger partial charge in [-0.15, -0.1) is 0 Å². The summed E-state index contributed by atoms with van der Waals surface area (Å²) in [7, 11) is 0. The SMILES string of the molecule is C[C@]12CC[C@H]3C(=C1C=C[C@@H]2O)CCC1C[C@@H](O)C=C[C@@]13C. The van der Waals surface area contributed by atoms with Crippen molar-refractivity contribution in [2.24, 2.45) is 22.7 Å². The van der Waals surface area contributed by atoms with Gasteiger partial charge in [-0.2, -0.15) is 0 Å². The van der Waals surface area contributed by atoms with E-state index >= 15 is 0 Å². The number of allylic oxidation sites excluding steroid dienone is 3. The zero-order chi connectivity index (χ0) is 14.8. The standard InChI is InChI=1S/C19H26O2/c1-18-9-7-13(20)11-12(18)3-4-14-15-5-6-17(21)19(15,2)10-8-16(14)18/h5-7,9,12-13,16-17,20-21H,3-4,8,10-11H2,1-2H3/t12?,13-,16-,17-,18-,19-/m0/s1. The minimum atomic E-state index is -0.310. The van der Waals surface area contributed by atoms with Crippen LogP contribution in [-0.4, -0.2) is 22.4 Å². The molecule has 4 rings (SSSR count). The topological polar surface area (TPSA) is 40.5 Å². The molecule has 1 fully saturated rings. The molecule has 6 atom stereocenters. The van der Waals surface area contributed by atoms with E-state index in [0.29, 0.717) is 11.8 Å². The summed E-state index contributed by atoms with van der Waals surface area (Å²) in [5.74, 6) is 1.20. The van der Waals surface area contributed by atoms with Crippen LogP contribution in [0.3, 0.4) is 0 Å². The van der Waals surface area contributed by atoms with Gasteiger partial charge in [-0.3, -0.25) is 0 Å². The Hall–Kier alpha value is -0.860. The van der Waals surface area contributed by atoms with Crippen LogP contribution in [0.2, 0.25) is 0 Å². The van der Waals surface area contributed by atoms with E-state index in [1.165, 1.54) is 18.4 Å². The lowest BCUT2D eigenvalue weighted by Crippen LogP contribution is -2.46. The highest BCUT2D eigenvalue weighted by Crippen LogP contribution is 2.61. The maximum atomic E-state index is 10.3. The molecular weight excluding hydrogens is 260 g/mol. The smallest absolute Gasteiger partial charge is 0.0817 e. The first-order valence-electron chi connectivity index (χ1n) is 8.42. The molecule has 114 valence electrons. The molecule has 0 aromatic rings. The van der Waals surface area contributed by atoms with Gasteiger partial charge in [-0.1, -0.05) is 43.7 Å². The van der Waals surface area contributed by atoms with Crippen LogP contribution in [0.25, 0.3) is 0 Å². The van der Waals surface area contributed by atoms with Crippen LogP contribution in [0.4, 0.5) is 0 Å². The number of hydrogen-bond donors (Lipinski definition) is 2. The van der Waals surface area contributed by atoms with Gasteiger partial charge in [0.15, 0.2) is 0 Å². The van der Waals surface area contributed by atoms with Crippen molar-refractivity contribution in [3.8, 4) is 0 Å². The molecule has 0 spiro atoms. The van der Waals surface area contributed by atoms with Crippen molar-refractivity contribution in [3.63, 3.8) is 0 Å². The Morgan fingerprint density at radius 2 is 1.95 bits per heavy atom. The fraction of sp³-hybridized carbons (Fsp3) is 0.684. The van der Waals surface area contributed by atoms with Gasteiger partial charge in [0.25, 0.3) is 0 Å². The molecule has 2 N–H and O–H groups in total. The van der Waals surface area contributed by atoms with Crippen LogP contribution in [0.1, 0.15) is 46.0 Å². The van der Waals surface area contributed by atoms with Crippen molar-refractivity contribution in [1.29, 1.82) is 0 Å². The fourth-order valence-electron chi connectivity index (χ4n) is 5.55. The third kappa shape index (κ3) is 1.72. The van der Waals surface area contributed by atoms with Crippen molar-refractivity contribution in [2.75, 3.05) is 0 Å². The van der Waals surface area contributed by atoms with Crippen LogP contribution < -0.4 is 0 Å². The molecule has 0 aromatic carbocycles. The van der Waals surface area contributed by atoms with Gasteiger partial charge in [0.1, 0.15) is 0 Å². The monoisotopic (exact) mass is 286 g/mol. The number of aliphatic hydroxyl groups excluding tert-OH is 2. The van der Waals surface area contributed by atoms with E-state index in [1.807, 2.05) is 12.2 Å². The van der Waals surface area contributed by atoms with Gasteiger partial charge in [-0.05, 0) is 54.9 Å². The second-order valence-corrected chi connectivity index (χ2v) is 8.02. The lowest BCUT2D eigenvalue weighted by Gasteiger charge is -2.54. The van der Waals surface area contributed by atoms with E-state index in [0.717, 1.165) is 19.3 Å². The number of aliphatic hydroxyl groups is 2. The molecular formula is C19H26O2. The summed E-state index contributed by atoms with van der Waals surface area (Å²) in [5.41, 5.74) is 3.16. The van der Waals surface area contributed by atoms with Crippen molar-refractivity contribution in [2.45, 2.75) is 58.2 Å². The summed E-state index contributed by atoms with van der Waals surface area (Å²) < 4.78 is 0. The van der Waals surface area contributed by atoms with E-state index in [-0.39, 0.29) is 23.0 Å². The Kier molecular flexibility index (Phi) is 2.84. The van der Waals surface area contributed by atoms with E-state index in [1.54, 1.807) is 5.57 Å². The quantitative estimate of drug-likeness (QED) is 0.670. The third-order valence-corrected chi connectivity index (χ3v) is 7.03. The number of hydrogen-bond acceptors (Lipinski definition) is 2. The van der Waals surface area contributed by atoms with Crippen molar-refractivity contribution in [1.82, 2.24) is 0 Å². The van der Waals surface area contributed by atoms with Gasteiger partial charge >= 0.3 is 0 Å². The van der Waals surface area contributed by atoms with Crippen molar-refractivity contribution >= 4 is 0 Å². The van der Waals surface area contributed by atoms with Crippen LogP contribution in [0.15, 0.2) is 35.5 Å². The molecule has 0 aliphatic heterocycles. The maximum absolute atomic E-state index is 10.3.